The standard InChI is InChI=1S/C14H18N4O3/c1-7(14(20)21)8(2)16-13(19)10-5-11-9(3)17-18(4)12(11)15-6-10/h5-8H,1-4H3,(H,16,19)(H,20,21). The van der Waals surface area contributed by atoms with Crippen LogP contribution in [0.2, 0.25) is 0 Å². The second-order valence-electron chi connectivity index (χ2n) is 5.19. The molecule has 2 heterocycles. The number of pyridine rings is 1. The number of hydrogen-bond donors (Lipinski definition) is 2. The van der Waals surface area contributed by atoms with Crippen LogP contribution in [-0.4, -0.2) is 37.8 Å². The molecule has 21 heavy (non-hydrogen) atoms. The molecule has 0 aliphatic rings. The van der Waals surface area contributed by atoms with Crippen LogP contribution in [0.1, 0.15) is 29.9 Å². The van der Waals surface area contributed by atoms with Crippen LogP contribution < -0.4 is 5.32 Å². The number of nitrogens with one attached hydrogen (secondary N) is 1. The van der Waals surface area contributed by atoms with Crippen molar-refractivity contribution in [3.63, 3.8) is 0 Å². The predicted octanol–water partition coefficient (Wildman–Crippen LogP) is 1.12. The molecule has 7 heteroatoms. The maximum absolute atomic E-state index is 12.2. The summed E-state index contributed by atoms with van der Waals surface area (Å²) >= 11 is 0. The Morgan fingerprint density at radius 3 is 2.67 bits per heavy atom. The van der Waals surface area contributed by atoms with Crippen LogP contribution >= 0.6 is 0 Å². The maximum Gasteiger partial charge on any atom is 0.308 e. The Morgan fingerprint density at radius 1 is 1.38 bits per heavy atom. The predicted molar refractivity (Wildman–Crippen MR) is 77.0 cm³/mol. The summed E-state index contributed by atoms with van der Waals surface area (Å²) < 4.78 is 1.65. The number of aliphatic carboxylic acids is 1. The van der Waals surface area contributed by atoms with Gasteiger partial charge in [-0.3, -0.25) is 14.3 Å². The molecule has 0 saturated carbocycles. The SMILES string of the molecule is Cc1nn(C)c2ncc(C(=O)NC(C)C(C)C(=O)O)cc12. The fourth-order valence-corrected chi connectivity index (χ4v) is 2.06. The summed E-state index contributed by atoms with van der Waals surface area (Å²) in [4.78, 5) is 27.3. The third-order valence-corrected chi connectivity index (χ3v) is 3.62. The van der Waals surface area contributed by atoms with Gasteiger partial charge in [-0.25, -0.2) is 4.98 Å². The highest BCUT2D eigenvalue weighted by Gasteiger charge is 2.22. The average Bonchev–Trinajstić information content (AvgIpc) is 2.72. The second-order valence-corrected chi connectivity index (χ2v) is 5.19. The zero-order chi connectivity index (χ0) is 15.7. The molecule has 0 aromatic carbocycles. The largest absolute Gasteiger partial charge is 0.481 e. The Morgan fingerprint density at radius 2 is 2.05 bits per heavy atom. The molecular weight excluding hydrogens is 272 g/mol. The van der Waals surface area contributed by atoms with Gasteiger partial charge in [0.1, 0.15) is 0 Å². The molecule has 0 aliphatic heterocycles. The molecule has 0 bridgehead atoms. The van der Waals surface area contributed by atoms with Crippen molar-refractivity contribution in [2.75, 3.05) is 0 Å². The van der Waals surface area contributed by atoms with E-state index >= 15 is 0 Å². The Bertz CT molecular complexity index is 708. The summed E-state index contributed by atoms with van der Waals surface area (Å²) in [6.07, 6.45) is 1.47. The Balaban J connectivity index is 2.24. The Labute approximate surface area is 122 Å². The fourth-order valence-electron chi connectivity index (χ4n) is 2.06. The lowest BCUT2D eigenvalue weighted by Gasteiger charge is -2.17. The number of carboxylic acid groups (broad SMARTS) is 1. The summed E-state index contributed by atoms with van der Waals surface area (Å²) in [6, 6.07) is 1.25. The van der Waals surface area contributed by atoms with Gasteiger partial charge in [0.25, 0.3) is 5.91 Å². The van der Waals surface area contributed by atoms with Gasteiger partial charge in [-0.15, -0.1) is 0 Å². The second kappa shape index (κ2) is 5.51. The number of amides is 1. The lowest BCUT2D eigenvalue weighted by Crippen LogP contribution is -2.40. The van der Waals surface area contributed by atoms with Crippen LogP contribution in [0.3, 0.4) is 0 Å². The Kier molecular flexibility index (Phi) is 3.93. The molecule has 2 rings (SSSR count). The average molecular weight is 290 g/mol. The van der Waals surface area contributed by atoms with E-state index in [4.69, 9.17) is 5.11 Å². The van der Waals surface area contributed by atoms with E-state index < -0.39 is 17.9 Å². The van der Waals surface area contributed by atoms with Crippen molar-refractivity contribution in [2.24, 2.45) is 13.0 Å². The number of hydrogen-bond acceptors (Lipinski definition) is 4. The zero-order valence-electron chi connectivity index (χ0n) is 12.4. The van der Waals surface area contributed by atoms with Crippen LogP contribution in [0.25, 0.3) is 11.0 Å². The van der Waals surface area contributed by atoms with Gasteiger partial charge in [0.05, 0.1) is 17.2 Å². The monoisotopic (exact) mass is 290 g/mol. The van der Waals surface area contributed by atoms with E-state index in [0.717, 1.165) is 11.1 Å². The number of aryl methyl sites for hydroxylation is 2. The molecule has 0 saturated heterocycles. The minimum absolute atomic E-state index is 0.340. The summed E-state index contributed by atoms with van der Waals surface area (Å²) in [5, 5.41) is 16.7. The summed E-state index contributed by atoms with van der Waals surface area (Å²) in [6.45, 7) is 5.07. The quantitative estimate of drug-likeness (QED) is 0.879. The first-order valence-electron chi connectivity index (χ1n) is 6.64. The number of carbonyl (C=O) groups excluding carboxylic acids is 1. The van der Waals surface area contributed by atoms with Gasteiger partial charge in [-0.2, -0.15) is 5.10 Å². The first kappa shape index (κ1) is 15.0. The number of carbonyl (C=O) groups is 2. The first-order chi connectivity index (χ1) is 9.81. The highest BCUT2D eigenvalue weighted by atomic mass is 16.4. The molecule has 0 spiro atoms. The van der Waals surface area contributed by atoms with Gasteiger partial charge in [0.15, 0.2) is 5.65 Å². The lowest BCUT2D eigenvalue weighted by molar-refractivity contribution is -0.141. The molecule has 2 N–H and O–H groups in total. The van der Waals surface area contributed by atoms with E-state index in [1.807, 2.05) is 6.92 Å². The van der Waals surface area contributed by atoms with Crippen LogP contribution in [0.4, 0.5) is 0 Å². The number of fused-ring (bicyclic) bond motifs is 1. The molecule has 2 unspecified atom stereocenters. The summed E-state index contributed by atoms with van der Waals surface area (Å²) in [5.74, 6) is -1.95. The summed E-state index contributed by atoms with van der Waals surface area (Å²) in [7, 11) is 1.79. The number of nitrogens with zero attached hydrogens (tertiary/aromatic N) is 3. The van der Waals surface area contributed by atoms with Crippen molar-refractivity contribution in [1.29, 1.82) is 0 Å². The van der Waals surface area contributed by atoms with Crippen LogP contribution in [0.5, 0.6) is 0 Å². The van der Waals surface area contributed by atoms with Gasteiger partial charge in [0.2, 0.25) is 0 Å². The van der Waals surface area contributed by atoms with Crippen LogP contribution in [-0.2, 0) is 11.8 Å². The topological polar surface area (TPSA) is 97.1 Å². The highest BCUT2D eigenvalue weighted by Crippen LogP contribution is 2.16. The number of rotatable bonds is 4. The van der Waals surface area contributed by atoms with E-state index in [9.17, 15) is 9.59 Å². The van der Waals surface area contributed by atoms with Crippen molar-refractivity contribution in [1.82, 2.24) is 20.1 Å². The van der Waals surface area contributed by atoms with Gasteiger partial charge in [-0.05, 0) is 26.8 Å². The van der Waals surface area contributed by atoms with E-state index in [-0.39, 0.29) is 5.91 Å². The van der Waals surface area contributed by atoms with Crippen molar-refractivity contribution < 1.29 is 14.7 Å². The van der Waals surface area contributed by atoms with Gasteiger partial charge in [0, 0.05) is 24.7 Å². The van der Waals surface area contributed by atoms with Gasteiger partial charge >= 0.3 is 5.97 Å². The lowest BCUT2D eigenvalue weighted by atomic mass is 10.0. The molecule has 2 aromatic heterocycles. The molecule has 7 nitrogen and oxygen atoms in total. The molecule has 0 aliphatic carbocycles. The third kappa shape index (κ3) is 2.86. The maximum atomic E-state index is 12.2. The number of aromatic nitrogens is 3. The minimum atomic E-state index is -0.945. The molecule has 2 atom stereocenters. The van der Waals surface area contributed by atoms with Crippen molar-refractivity contribution in [3.8, 4) is 0 Å². The summed E-state index contributed by atoms with van der Waals surface area (Å²) in [5.41, 5.74) is 1.89. The van der Waals surface area contributed by atoms with Gasteiger partial charge < -0.3 is 10.4 Å². The highest BCUT2D eigenvalue weighted by molar-refractivity contribution is 5.97. The smallest absolute Gasteiger partial charge is 0.308 e. The molecule has 112 valence electrons. The Hall–Kier alpha value is -2.44. The van der Waals surface area contributed by atoms with E-state index in [1.54, 1.807) is 31.6 Å². The van der Waals surface area contributed by atoms with Crippen molar-refractivity contribution in [2.45, 2.75) is 26.8 Å². The fraction of sp³-hybridized carbons (Fsp3) is 0.429. The van der Waals surface area contributed by atoms with Crippen LogP contribution in [0, 0.1) is 12.8 Å². The molecule has 2 aromatic rings. The third-order valence-electron chi connectivity index (χ3n) is 3.62. The van der Waals surface area contributed by atoms with Crippen LogP contribution in [0.15, 0.2) is 12.3 Å². The number of carboxylic acids is 1. The van der Waals surface area contributed by atoms with E-state index in [1.165, 1.54) is 6.20 Å². The van der Waals surface area contributed by atoms with E-state index in [2.05, 4.69) is 15.4 Å². The van der Waals surface area contributed by atoms with Gasteiger partial charge in [-0.1, -0.05) is 0 Å². The van der Waals surface area contributed by atoms with Crippen molar-refractivity contribution >= 4 is 22.9 Å². The molecule has 1 amide bonds. The first-order valence-corrected chi connectivity index (χ1v) is 6.64. The minimum Gasteiger partial charge on any atom is -0.481 e. The molecule has 0 fully saturated rings. The molecule has 0 radical (unpaired) electrons. The van der Waals surface area contributed by atoms with E-state index in [0.29, 0.717) is 11.2 Å². The zero-order valence-corrected chi connectivity index (χ0v) is 12.4. The normalized spacial score (nSPS) is 13.9. The molecular formula is C14H18N4O3. The van der Waals surface area contributed by atoms with Crippen molar-refractivity contribution in [3.05, 3.63) is 23.5 Å².